The van der Waals surface area contributed by atoms with E-state index in [1.165, 1.54) is 11.1 Å². The predicted molar refractivity (Wildman–Crippen MR) is 129 cm³/mol. The van der Waals surface area contributed by atoms with Crippen LogP contribution in [0.25, 0.3) is 0 Å². The Morgan fingerprint density at radius 2 is 0.903 bits per heavy atom. The van der Waals surface area contributed by atoms with Gasteiger partial charge in [-0.05, 0) is 70.5 Å². The summed E-state index contributed by atoms with van der Waals surface area (Å²) >= 11 is 0. The van der Waals surface area contributed by atoms with Gasteiger partial charge in [-0.1, -0.05) is 65.8 Å². The summed E-state index contributed by atoms with van der Waals surface area (Å²) in [6, 6.07) is 24.5. The van der Waals surface area contributed by atoms with Gasteiger partial charge in [-0.25, -0.2) is 0 Å². The fourth-order valence-corrected chi connectivity index (χ4v) is 3.46. The molecular formula is C26H32BNO3. The molecule has 0 aliphatic carbocycles. The van der Waals surface area contributed by atoms with Gasteiger partial charge < -0.3 is 19.6 Å². The normalized spacial score (nSPS) is 11.9. The van der Waals surface area contributed by atoms with Crippen molar-refractivity contribution in [1.29, 1.82) is 0 Å². The van der Waals surface area contributed by atoms with E-state index in [0.29, 0.717) is 5.75 Å². The minimum absolute atomic E-state index is 0.0852. The summed E-state index contributed by atoms with van der Waals surface area (Å²) in [4.78, 5) is 2.18. The summed E-state index contributed by atoms with van der Waals surface area (Å²) in [6.45, 7) is 13.2. The average molecular weight is 417 g/mol. The Morgan fingerprint density at radius 1 is 0.581 bits per heavy atom. The van der Waals surface area contributed by atoms with E-state index in [0.717, 1.165) is 17.1 Å². The second-order valence-electron chi connectivity index (χ2n) is 9.87. The van der Waals surface area contributed by atoms with Crippen molar-refractivity contribution in [2.24, 2.45) is 0 Å². The summed E-state index contributed by atoms with van der Waals surface area (Å²) in [7, 11) is -1.84. The third-order valence-corrected chi connectivity index (χ3v) is 5.32. The Hall–Kier alpha value is -2.76. The van der Waals surface area contributed by atoms with Crippen LogP contribution in [0.3, 0.4) is 0 Å². The second kappa shape index (κ2) is 8.78. The fraction of sp³-hybridized carbons (Fsp3) is 0.308. The minimum Gasteiger partial charge on any atom is -0.512 e. The number of hydrogen-bond acceptors (Lipinski definition) is 4. The van der Waals surface area contributed by atoms with Gasteiger partial charge in [0.15, 0.2) is 0 Å². The lowest BCUT2D eigenvalue weighted by atomic mass is 9.86. The van der Waals surface area contributed by atoms with E-state index < -0.39 is 7.32 Å². The van der Waals surface area contributed by atoms with Gasteiger partial charge >= 0.3 is 7.32 Å². The molecule has 31 heavy (non-hydrogen) atoms. The van der Waals surface area contributed by atoms with Crippen LogP contribution in [0.2, 0.25) is 0 Å². The van der Waals surface area contributed by atoms with E-state index in [4.69, 9.17) is 14.7 Å². The van der Waals surface area contributed by atoms with Gasteiger partial charge in [0.25, 0.3) is 0 Å². The maximum Gasteiger partial charge on any atom is 0.707 e. The Labute approximate surface area is 186 Å². The molecular weight excluding hydrogens is 385 g/mol. The van der Waals surface area contributed by atoms with Gasteiger partial charge in [0.05, 0.1) is 0 Å². The lowest BCUT2D eigenvalue weighted by Crippen LogP contribution is -2.20. The first kappa shape index (κ1) is 22.9. The molecule has 3 aromatic carbocycles. The highest BCUT2D eigenvalue weighted by Crippen LogP contribution is 2.37. The predicted octanol–water partition coefficient (Wildman–Crippen LogP) is 6.10. The molecule has 0 atom stereocenters. The highest BCUT2D eigenvalue weighted by Gasteiger charge is 2.19. The summed E-state index contributed by atoms with van der Waals surface area (Å²) in [5, 5.41) is 18.1. The molecule has 0 radical (unpaired) electrons. The fourth-order valence-electron chi connectivity index (χ4n) is 3.46. The van der Waals surface area contributed by atoms with Gasteiger partial charge in [0.2, 0.25) is 0 Å². The standard InChI is InChI=1S/C26H32BNO3/c1-25(2,3)19-7-11-21(12-8-19)28(22-13-9-20(10-14-22)26(4,5)6)23-15-17-24(18-16-23)31-27(29)30/h7-18,29-30H,1-6H3. The number of hydrogen-bond donors (Lipinski definition) is 2. The molecule has 0 unspecified atom stereocenters. The zero-order chi connectivity index (χ0) is 22.8. The van der Waals surface area contributed by atoms with Crippen molar-refractivity contribution in [3.63, 3.8) is 0 Å². The van der Waals surface area contributed by atoms with Gasteiger partial charge in [0, 0.05) is 17.1 Å². The van der Waals surface area contributed by atoms with Crippen LogP contribution in [0.4, 0.5) is 17.1 Å². The molecule has 0 saturated heterocycles. The van der Waals surface area contributed by atoms with E-state index in [-0.39, 0.29) is 10.8 Å². The van der Waals surface area contributed by atoms with Crippen LogP contribution >= 0.6 is 0 Å². The zero-order valence-corrected chi connectivity index (χ0v) is 19.3. The third-order valence-electron chi connectivity index (χ3n) is 5.32. The summed E-state index contributed by atoms with van der Waals surface area (Å²) in [6.07, 6.45) is 0. The molecule has 162 valence electrons. The van der Waals surface area contributed by atoms with Crippen molar-refractivity contribution in [1.82, 2.24) is 0 Å². The van der Waals surface area contributed by atoms with Crippen LogP contribution in [-0.4, -0.2) is 17.4 Å². The summed E-state index contributed by atoms with van der Waals surface area (Å²) in [5.74, 6) is 0.393. The monoisotopic (exact) mass is 417 g/mol. The van der Waals surface area contributed by atoms with Crippen molar-refractivity contribution in [2.45, 2.75) is 52.4 Å². The van der Waals surface area contributed by atoms with Crippen LogP contribution in [-0.2, 0) is 10.8 Å². The van der Waals surface area contributed by atoms with Crippen molar-refractivity contribution in [3.8, 4) is 5.75 Å². The van der Waals surface area contributed by atoms with E-state index in [1.54, 1.807) is 12.1 Å². The average Bonchev–Trinajstić information content (AvgIpc) is 2.68. The molecule has 0 bridgehead atoms. The van der Waals surface area contributed by atoms with Crippen LogP contribution in [0.15, 0.2) is 72.8 Å². The van der Waals surface area contributed by atoms with Crippen molar-refractivity contribution < 1.29 is 14.7 Å². The lowest BCUT2D eigenvalue weighted by molar-refractivity contribution is 0.288. The molecule has 0 spiro atoms. The molecule has 3 rings (SSSR count). The molecule has 3 aromatic rings. The van der Waals surface area contributed by atoms with Gasteiger partial charge in [-0.2, -0.15) is 0 Å². The Kier molecular flexibility index (Phi) is 6.49. The van der Waals surface area contributed by atoms with Crippen molar-refractivity contribution in [3.05, 3.63) is 83.9 Å². The smallest absolute Gasteiger partial charge is 0.512 e. The van der Waals surface area contributed by atoms with Crippen molar-refractivity contribution in [2.75, 3.05) is 4.90 Å². The first-order chi connectivity index (χ1) is 14.4. The van der Waals surface area contributed by atoms with Crippen LogP contribution in [0.5, 0.6) is 5.75 Å². The van der Waals surface area contributed by atoms with Crippen LogP contribution < -0.4 is 9.55 Å². The topological polar surface area (TPSA) is 52.9 Å². The molecule has 0 amide bonds. The molecule has 0 aromatic heterocycles. The van der Waals surface area contributed by atoms with Gasteiger partial charge in [-0.15, -0.1) is 0 Å². The lowest BCUT2D eigenvalue weighted by Gasteiger charge is -2.28. The molecule has 0 fully saturated rings. The van der Waals surface area contributed by atoms with Crippen molar-refractivity contribution >= 4 is 24.4 Å². The zero-order valence-electron chi connectivity index (χ0n) is 19.3. The number of benzene rings is 3. The highest BCUT2D eigenvalue weighted by atomic mass is 16.6. The second-order valence-corrected chi connectivity index (χ2v) is 9.87. The Balaban J connectivity index is 2.03. The molecule has 2 N–H and O–H groups in total. The first-order valence-corrected chi connectivity index (χ1v) is 10.6. The number of rotatable bonds is 5. The van der Waals surface area contributed by atoms with E-state index in [9.17, 15) is 0 Å². The van der Waals surface area contributed by atoms with Gasteiger partial charge in [-0.3, -0.25) is 0 Å². The minimum atomic E-state index is -1.84. The highest BCUT2D eigenvalue weighted by molar-refractivity contribution is 6.33. The SMILES string of the molecule is CC(C)(C)c1ccc(N(c2ccc(OB(O)O)cc2)c2ccc(C(C)(C)C)cc2)cc1. The first-order valence-electron chi connectivity index (χ1n) is 10.6. The molecule has 0 saturated carbocycles. The Morgan fingerprint density at radius 3 is 1.19 bits per heavy atom. The maximum absolute atomic E-state index is 9.05. The summed E-state index contributed by atoms with van der Waals surface area (Å²) in [5.41, 5.74) is 5.77. The molecule has 5 heteroatoms. The van der Waals surface area contributed by atoms with Crippen LogP contribution in [0.1, 0.15) is 52.7 Å². The van der Waals surface area contributed by atoms with Gasteiger partial charge in [0.1, 0.15) is 5.75 Å². The quantitative estimate of drug-likeness (QED) is 0.493. The number of anilines is 3. The van der Waals surface area contributed by atoms with E-state index >= 15 is 0 Å². The molecule has 0 heterocycles. The largest absolute Gasteiger partial charge is 0.707 e. The molecule has 0 aliphatic rings. The Bertz CT molecular complexity index is 926. The molecule has 0 aliphatic heterocycles. The van der Waals surface area contributed by atoms with Crippen LogP contribution in [0, 0.1) is 0 Å². The van der Waals surface area contributed by atoms with E-state index in [2.05, 4.69) is 95.0 Å². The number of nitrogens with zero attached hydrogens (tertiary/aromatic N) is 1. The third kappa shape index (κ3) is 5.69. The molecule has 4 nitrogen and oxygen atoms in total. The maximum atomic E-state index is 9.05. The summed E-state index contributed by atoms with van der Waals surface area (Å²) < 4.78 is 4.96. The van der Waals surface area contributed by atoms with E-state index in [1.807, 2.05) is 12.1 Å².